The van der Waals surface area contributed by atoms with Gasteiger partial charge < -0.3 is 20.3 Å². The fourth-order valence-electron chi connectivity index (χ4n) is 7.18. The fourth-order valence-corrected chi connectivity index (χ4v) is 8.55. The number of alkyl halides is 2. The van der Waals surface area contributed by atoms with E-state index < -0.39 is 86.9 Å². The van der Waals surface area contributed by atoms with E-state index >= 15 is 0 Å². The van der Waals surface area contributed by atoms with Crippen LogP contribution in [0.3, 0.4) is 0 Å². The number of rotatable bonds is 7. The van der Waals surface area contributed by atoms with Gasteiger partial charge in [-0.2, -0.15) is 15.0 Å². The smallest absolute Gasteiger partial charge is 0.407 e. The van der Waals surface area contributed by atoms with Gasteiger partial charge in [0.05, 0.1) is 23.8 Å². The molecule has 7 rings (SSSR count). The molecule has 3 fully saturated rings. The molecule has 2 aliphatic heterocycles. The number of sulfonamides is 1. The van der Waals surface area contributed by atoms with Crippen molar-refractivity contribution >= 4 is 39.9 Å². The van der Waals surface area contributed by atoms with Gasteiger partial charge in [0, 0.05) is 24.1 Å². The van der Waals surface area contributed by atoms with Gasteiger partial charge in [-0.3, -0.25) is 19.1 Å². The van der Waals surface area contributed by atoms with Gasteiger partial charge in [-0.1, -0.05) is 81.5 Å². The zero-order valence-electron chi connectivity index (χ0n) is 30.6. The summed E-state index contributed by atoms with van der Waals surface area (Å²) in [5.74, 6) is -4.49. The molecule has 17 heteroatoms. The Hall–Kier alpha value is -5.19. The molecule has 14 nitrogen and oxygen atoms in total. The van der Waals surface area contributed by atoms with E-state index in [2.05, 4.69) is 10.6 Å². The van der Waals surface area contributed by atoms with Crippen molar-refractivity contribution in [3.63, 3.8) is 0 Å². The number of ether oxygens (including phenoxy) is 1. The van der Waals surface area contributed by atoms with E-state index in [-0.39, 0.29) is 19.6 Å². The van der Waals surface area contributed by atoms with Crippen molar-refractivity contribution in [2.24, 2.45) is 11.3 Å². The van der Waals surface area contributed by atoms with Crippen LogP contribution in [0.5, 0.6) is 0 Å². The molecule has 4 aliphatic rings. The summed E-state index contributed by atoms with van der Waals surface area (Å²) in [7, 11) is -4.13. The molecule has 0 spiro atoms. The lowest BCUT2D eigenvalue weighted by Crippen LogP contribution is -2.60. The van der Waals surface area contributed by atoms with E-state index in [4.69, 9.17) is 14.9 Å². The average Bonchev–Trinajstić information content (AvgIpc) is 4.03. The SMILES string of the molecule is CC(C)(C)[C@@H]1NC(=O)OCC/C=C/c2cccc(c2)-c2nn(nc2-c2ccccc2)C2C[C@@H](C(=O)N[C@@]3(C(=O)NS(=O)(=O)C4CC4)C[C@H]3C(F)F)N(C2)C1=O. The minimum atomic E-state index is -4.13. The van der Waals surface area contributed by atoms with Gasteiger partial charge in [-0.05, 0) is 42.7 Å². The summed E-state index contributed by atoms with van der Waals surface area (Å²) in [6.07, 6.45) is 0.305. The van der Waals surface area contributed by atoms with E-state index in [1.807, 2.05) is 71.5 Å². The summed E-state index contributed by atoms with van der Waals surface area (Å²) in [4.78, 5) is 58.0. The molecule has 55 heavy (non-hydrogen) atoms. The van der Waals surface area contributed by atoms with Gasteiger partial charge in [-0.25, -0.2) is 22.0 Å². The topological polar surface area (TPSA) is 182 Å². The normalized spacial score (nSPS) is 26.3. The summed E-state index contributed by atoms with van der Waals surface area (Å²) in [6.45, 7) is 5.07. The zero-order chi connectivity index (χ0) is 39.3. The van der Waals surface area contributed by atoms with Gasteiger partial charge in [-0.15, -0.1) is 0 Å². The number of hydrogen-bond acceptors (Lipinski definition) is 9. The number of fused-ring (bicyclic) bond motifs is 8. The molecule has 0 radical (unpaired) electrons. The quantitative estimate of drug-likeness (QED) is 0.319. The first-order valence-electron chi connectivity index (χ1n) is 18.3. The standard InChI is InChI=1S/C38H43F2N7O7S/c1-37(2,3)31-34(49)46-21-25(19-28(46)33(48)42-38(20-27(38)32(39)40)35(50)45-55(52,53)26-15-16-26)47-43-29(23-12-5-4-6-13-23)30(44-47)24-14-9-11-22(18-24)10-7-8-17-54-36(51)41-31/h4-7,9-14,18,25-28,31-32H,8,15-17,19-21H2,1-3H3,(H,41,51)(H,42,48)(H,45,50)/b10-7+/t25?,27-,28-,31+,38-/m0/s1. The number of carbonyl (C=O) groups is 4. The summed E-state index contributed by atoms with van der Waals surface area (Å²) in [5.41, 5.74) is 0.358. The molecule has 6 bridgehead atoms. The zero-order valence-corrected chi connectivity index (χ0v) is 31.4. The van der Waals surface area contributed by atoms with E-state index in [1.54, 1.807) is 20.8 Å². The maximum absolute atomic E-state index is 14.6. The number of alkyl carbamates (subject to hydrolysis) is 1. The molecule has 5 atom stereocenters. The van der Waals surface area contributed by atoms with Crippen molar-refractivity contribution < 1.29 is 41.1 Å². The molecule has 1 aromatic heterocycles. The molecule has 2 aliphatic carbocycles. The predicted molar refractivity (Wildman–Crippen MR) is 196 cm³/mol. The van der Waals surface area contributed by atoms with Gasteiger partial charge in [0.15, 0.2) is 0 Å². The first-order chi connectivity index (χ1) is 26.1. The lowest BCUT2D eigenvalue weighted by Gasteiger charge is -2.35. The van der Waals surface area contributed by atoms with E-state index in [0.717, 1.165) is 16.7 Å². The Morgan fingerprint density at radius 2 is 1.71 bits per heavy atom. The number of carbonyl (C=O) groups excluding carboxylic acids is 4. The second kappa shape index (κ2) is 14.5. The Labute approximate surface area is 317 Å². The number of cyclic esters (lactones) is 1. The minimum Gasteiger partial charge on any atom is -0.449 e. The third kappa shape index (κ3) is 7.84. The monoisotopic (exact) mass is 779 g/mol. The predicted octanol–water partition coefficient (Wildman–Crippen LogP) is 4.06. The molecular formula is C38H43F2N7O7S. The molecule has 3 heterocycles. The van der Waals surface area contributed by atoms with E-state index in [1.165, 1.54) is 9.70 Å². The third-order valence-corrected chi connectivity index (χ3v) is 12.3. The average molecular weight is 780 g/mol. The van der Waals surface area contributed by atoms with Crippen LogP contribution in [0.4, 0.5) is 13.6 Å². The van der Waals surface area contributed by atoms with Gasteiger partial charge in [0.2, 0.25) is 28.3 Å². The first kappa shape index (κ1) is 38.1. The summed E-state index contributed by atoms with van der Waals surface area (Å²) in [6, 6.07) is 13.7. The van der Waals surface area contributed by atoms with Crippen molar-refractivity contribution in [3.05, 3.63) is 66.2 Å². The molecule has 292 valence electrons. The lowest BCUT2D eigenvalue weighted by atomic mass is 9.85. The van der Waals surface area contributed by atoms with Crippen molar-refractivity contribution in [3.8, 4) is 22.5 Å². The highest BCUT2D eigenvalue weighted by molar-refractivity contribution is 7.91. The summed E-state index contributed by atoms with van der Waals surface area (Å²) in [5, 5.41) is 14.1. The number of hydrogen-bond donors (Lipinski definition) is 3. The fraction of sp³-hybridized carbons (Fsp3) is 0.474. The van der Waals surface area contributed by atoms with Crippen molar-refractivity contribution in [1.29, 1.82) is 0 Å². The Bertz CT molecular complexity index is 2130. The number of aromatic nitrogens is 3. The van der Waals surface area contributed by atoms with Crippen molar-refractivity contribution in [1.82, 2.24) is 35.2 Å². The van der Waals surface area contributed by atoms with Crippen molar-refractivity contribution in [2.75, 3.05) is 13.2 Å². The second-order valence-electron chi connectivity index (χ2n) is 15.7. The van der Waals surface area contributed by atoms with Crippen LogP contribution in [0.2, 0.25) is 0 Å². The molecule has 2 aromatic carbocycles. The summed E-state index contributed by atoms with van der Waals surface area (Å²) >= 11 is 0. The Balaban J connectivity index is 1.29. The highest BCUT2D eigenvalue weighted by atomic mass is 32.2. The maximum atomic E-state index is 14.6. The number of halogens is 2. The molecule has 4 amide bonds. The Morgan fingerprint density at radius 3 is 2.36 bits per heavy atom. The largest absolute Gasteiger partial charge is 0.449 e. The number of nitrogens with one attached hydrogen (secondary N) is 3. The van der Waals surface area contributed by atoms with Crippen LogP contribution in [0.1, 0.15) is 64.5 Å². The van der Waals surface area contributed by atoms with Crippen LogP contribution in [0.15, 0.2) is 60.7 Å². The van der Waals surface area contributed by atoms with E-state index in [0.29, 0.717) is 30.7 Å². The van der Waals surface area contributed by atoms with Gasteiger partial charge in [0.1, 0.15) is 29.0 Å². The molecule has 3 aromatic rings. The molecule has 2 saturated carbocycles. The van der Waals surface area contributed by atoms with Gasteiger partial charge in [0.25, 0.3) is 5.91 Å². The third-order valence-electron chi connectivity index (χ3n) is 10.5. The van der Waals surface area contributed by atoms with Crippen LogP contribution >= 0.6 is 0 Å². The number of amides is 4. The number of nitrogens with zero attached hydrogens (tertiary/aromatic N) is 4. The highest BCUT2D eigenvalue weighted by Gasteiger charge is 2.67. The molecular weight excluding hydrogens is 737 g/mol. The minimum absolute atomic E-state index is 0.0162. The van der Waals surface area contributed by atoms with Crippen LogP contribution in [-0.4, -0.2) is 94.6 Å². The maximum Gasteiger partial charge on any atom is 0.407 e. The van der Waals surface area contributed by atoms with Crippen LogP contribution in [0, 0.1) is 11.3 Å². The van der Waals surface area contributed by atoms with Crippen LogP contribution in [0.25, 0.3) is 28.6 Å². The first-order valence-corrected chi connectivity index (χ1v) is 19.8. The second-order valence-corrected chi connectivity index (χ2v) is 17.6. The van der Waals surface area contributed by atoms with Crippen molar-refractivity contribution in [2.45, 2.75) is 88.2 Å². The number of benzene rings is 2. The Kier molecular flexibility index (Phi) is 10.0. The molecule has 1 unspecified atom stereocenters. The lowest BCUT2D eigenvalue weighted by molar-refractivity contribution is -0.143. The highest BCUT2D eigenvalue weighted by Crippen LogP contribution is 2.48. The van der Waals surface area contributed by atoms with E-state index in [9.17, 15) is 36.4 Å². The van der Waals surface area contributed by atoms with Crippen LogP contribution < -0.4 is 15.4 Å². The molecule has 3 N–H and O–H groups in total. The Morgan fingerprint density at radius 1 is 1.02 bits per heavy atom. The molecule has 1 saturated heterocycles. The van der Waals surface area contributed by atoms with Gasteiger partial charge >= 0.3 is 6.09 Å². The summed E-state index contributed by atoms with van der Waals surface area (Å²) < 4.78 is 61.0. The van der Waals surface area contributed by atoms with Crippen LogP contribution in [-0.2, 0) is 29.1 Å².